The molecule has 4 heteroatoms. The topological polar surface area (TPSA) is 42.0 Å². The number of hydrogen-bond donors (Lipinski definition) is 1. The van der Waals surface area contributed by atoms with Gasteiger partial charge in [-0.05, 0) is 31.2 Å². The molecule has 14 heavy (non-hydrogen) atoms. The smallest absolute Gasteiger partial charge is 0.254 e. The van der Waals surface area contributed by atoms with Gasteiger partial charge in [0.25, 0.3) is 5.91 Å². The Balaban J connectivity index is 2.16. The summed E-state index contributed by atoms with van der Waals surface area (Å²) in [5.41, 5.74) is 0.687. The van der Waals surface area contributed by atoms with E-state index in [4.69, 9.17) is 0 Å². The fourth-order valence-corrected chi connectivity index (χ4v) is 1.76. The van der Waals surface area contributed by atoms with Crippen LogP contribution in [0, 0.1) is 0 Å². The first-order valence-corrected chi connectivity index (χ1v) is 5.83. The zero-order valence-corrected chi connectivity index (χ0v) is 8.80. The number of aromatic nitrogens is 1. The number of nitrogens with zero attached hydrogens (tertiary/aromatic N) is 1. The van der Waals surface area contributed by atoms with Gasteiger partial charge in [-0.15, -0.1) is 11.8 Å². The van der Waals surface area contributed by atoms with Gasteiger partial charge in [-0.3, -0.25) is 4.79 Å². The Morgan fingerprint density at radius 3 is 3.07 bits per heavy atom. The average molecular weight is 208 g/mol. The zero-order chi connectivity index (χ0) is 9.97. The zero-order valence-electron chi connectivity index (χ0n) is 7.99. The number of pyridine rings is 1. The summed E-state index contributed by atoms with van der Waals surface area (Å²) in [6.07, 6.45) is 5.86. The molecule has 1 N–H and O–H groups in total. The predicted molar refractivity (Wildman–Crippen MR) is 56.5 cm³/mol. The molecule has 0 aliphatic heterocycles. The molecule has 2 rings (SSSR count). The van der Waals surface area contributed by atoms with Crippen molar-refractivity contribution in [3.8, 4) is 0 Å². The third kappa shape index (κ3) is 2.07. The Bertz CT molecular complexity index is 350. The number of nitrogens with one attached hydrogen (secondary N) is 1. The quantitative estimate of drug-likeness (QED) is 0.769. The van der Waals surface area contributed by atoms with Crippen molar-refractivity contribution in [1.82, 2.24) is 10.3 Å². The monoisotopic (exact) mass is 208 g/mol. The second kappa shape index (κ2) is 4.00. The molecule has 1 aliphatic rings. The summed E-state index contributed by atoms with van der Waals surface area (Å²) in [6, 6.07) is 4.01. The van der Waals surface area contributed by atoms with Gasteiger partial charge in [0, 0.05) is 12.2 Å². The summed E-state index contributed by atoms with van der Waals surface area (Å²) in [5.74, 6) is 0.00458. The first-order chi connectivity index (χ1) is 6.81. The Morgan fingerprint density at radius 1 is 1.64 bits per heavy atom. The largest absolute Gasteiger partial charge is 0.349 e. The molecular weight excluding hydrogens is 196 g/mol. The number of amides is 1. The van der Waals surface area contributed by atoms with E-state index in [0.717, 1.165) is 17.9 Å². The molecule has 1 aromatic heterocycles. The van der Waals surface area contributed by atoms with Crippen LogP contribution >= 0.6 is 11.8 Å². The van der Waals surface area contributed by atoms with E-state index >= 15 is 0 Å². The van der Waals surface area contributed by atoms with Crippen LogP contribution in [0.1, 0.15) is 23.2 Å². The van der Waals surface area contributed by atoms with Crippen molar-refractivity contribution in [2.24, 2.45) is 0 Å². The third-order valence-corrected chi connectivity index (χ3v) is 2.83. The summed E-state index contributed by atoms with van der Waals surface area (Å²) < 4.78 is 0. The lowest BCUT2D eigenvalue weighted by Gasteiger charge is -2.05. The van der Waals surface area contributed by atoms with Crippen LogP contribution in [0.25, 0.3) is 0 Å². The van der Waals surface area contributed by atoms with Crippen LogP contribution < -0.4 is 5.32 Å². The van der Waals surface area contributed by atoms with Crippen molar-refractivity contribution in [3.63, 3.8) is 0 Å². The Labute approximate surface area is 87.3 Å². The maximum absolute atomic E-state index is 11.7. The molecule has 3 nitrogen and oxygen atoms in total. The summed E-state index contributed by atoms with van der Waals surface area (Å²) in [4.78, 5) is 15.9. The lowest BCUT2D eigenvalue weighted by molar-refractivity contribution is 0.0947. The highest BCUT2D eigenvalue weighted by Gasteiger charge is 2.24. The molecule has 0 bridgehead atoms. The van der Waals surface area contributed by atoms with Gasteiger partial charge in [0.2, 0.25) is 0 Å². The van der Waals surface area contributed by atoms with E-state index in [1.165, 1.54) is 11.8 Å². The molecule has 0 aromatic carbocycles. The van der Waals surface area contributed by atoms with Crippen molar-refractivity contribution in [2.75, 3.05) is 6.26 Å². The van der Waals surface area contributed by atoms with Gasteiger partial charge in [-0.1, -0.05) is 0 Å². The SMILES string of the molecule is CSc1ncccc1C(=O)NC1CC1. The average Bonchev–Trinajstić information content (AvgIpc) is 3.01. The second-order valence-electron chi connectivity index (χ2n) is 3.31. The number of carbonyl (C=O) groups is 1. The van der Waals surface area contributed by atoms with Crippen LogP contribution in [0.2, 0.25) is 0 Å². The summed E-state index contributed by atoms with van der Waals surface area (Å²) in [7, 11) is 0. The minimum Gasteiger partial charge on any atom is -0.349 e. The van der Waals surface area contributed by atoms with Crippen LogP contribution in [0.15, 0.2) is 23.4 Å². The molecule has 1 aromatic rings. The summed E-state index contributed by atoms with van der Waals surface area (Å²) >= 11 is 1.50. The molecule has 0 saturated heterocycles. The molecule has 0 unspecified atom stereocenters. The summed E-state index contributed by atoms with van der Waals surface area (Å²) in [5, 5.41) is 3.75. The first kappa shape index (κ1) is 9.52. The van der Waals surface area contributed by atoms with Crippen molar-refractivity contribution < 1.29 is 4.79 Å². The van der Waals surface area contributed by atoms with Crippen molar-refractivity contribution >= 4 is 17.7 Å². The number of carbonyl (C=O) groups excluding carboxylic acids is 1. The minimum atomic E-state index is 0.00458. The highest BCUT2D eigenvalue weighted by molar-refractivity contribution is 7.98. The van der Waals surface area contributed by atoms with Crippen molar-refractivity contribution in [2.45, 2.75) is 23.9 Å². The molecule has 74 valence electrons. The van der Waals surface area contributed by atoms with Gasteiger partial charge in [-0.25, -0.2) is 4.98 Å². The number of rotatable bonds is 3. The van der Waals surface area contributed by atoms with E-state index in [2.05, 4.69) is 10.3 Å². The first-order valence-electron chi connectivity index (χ1n) is 4.61. The fraction of sp³-hybridized carbons (Fsp3) is 0.400. The second-order valence-corrected chi connectivity index (χ2v) is 4.10. The van der Waals surface area contributed by atoms with Crippen LogP contribution in [-0.2, 0) is 0 Å². The van der Waals surface area contributed by atoms with Crippen LogP contribution in [0.3, 0.4) is 0 Å². The molecule has 1 heterocycles. The van der Waals surface area contributed by atoms with Gasteiger partial charge in [0.15, 0.2) is 0 Å². The van der Waals surface area contributed by atoms with E-state index in [-0.39, 0.29) is 5.91 Å². The van der Waals surface area contributed by atoms with Gasteiger partial charge < -0.3 is 5.32 Å². The standard InChI is InChI=1S/C10H12N2OS/c1-14-10-8(3-2-6-11-10)9(13)12-7-4-5-7/h2-3,6-7H,4-5H2,1H3,(H,12,13). The highest BCUT2D eigenvalue weighted by atomic mass is 32.2. The molecule has 1 aliphatic carbocycles. The van der Waals surface area contributed by atoms with Crippen molar-refractivity contribution in [3.05, 3.63) is 23.9 Å². The molecule has 0 radical (unpaired) electrons. The van der Waals surface area contributed by atoms with E-state index in [1.807, 2.05) is 12.3 Å². The van der Waals surface area contributed by atoms with Crippen molar-refractivity contribution in [1.29, 1.82) is 0 Å². The van der Waals surface area contributed by atoms with E-state index in [0.29, 0.717) is 11.6 Å². The van der Waals surface area contributed by atoms with E-state index in [9.17, 15) is 4.79 Å². The number of hydrogen-bond acceptors (Lipinski definition) is 3. The van der Waals surface area contributed by atoms with Gasteiger partial charge in [0.1, 0.15) is 5.03 Å². The normalized spacial score (nSPS) is 15.2. The lowest BCUT2D eigenvalue weighted by atomic mass is 10.2. The fourth-order valence-electron chi connectivity index (χ4n) is 1.22. The molecule has 0 spiro atoms. The molecule has 1 saturated carbocycles. The molecule has 1 amide bonds. The predicted octanol–water partition coefficient (Wildman–Crippen LogP) is 1.70. The summed E-state index contributed by atoms with van der Waals surface area (Å²) in [6.45, 7) is 0. The van der Waals surface area contributed by atoms with Crippen LogP contribution in [0.5, 0.6) is 0 Å². The van der Waals surface area contributed by atoms with Gasteiger partial charge >= 0.3 is 0 Å². The minimum absolute atomic E-state index is 0.00458. The molecule has 1 fully saturated rings. The lowest BCUT2D eigenvalue weighted by Crippen LogP contribution is -2.26. The van der Waals surface area contributed by atoms with Gasteiger partial charge in [0.05, 0.1) is 5.56 Å². The van der Waals surface area contributed by atoms with E-state index < -0.39 is 0 Å². The highest BCUT2D eigenvalue weighted by Crippen LogP contribution is 2.21. The van der Waals surface area contributed by atoms with Crippen LogP contribution in [0.4, 0.5) is 0 Å². The molecular formula is C10H12N2OS. The Kier molecular flexibility index (Phi) is 2.72. The molecule has 0 atom stereocenters. The van der Waals surface area contributed by atoms with Gasteiger partial charge in [-0.2, -0.15) is 0 Å². The Hall–Kier alpha value is -1.03. The number of thioether (sulfide) groups is 1. The van der Waals surface area contributed by atoms with E-state index in [1.54, 1.807) is 12.3 Å². The maximum Gasteiger partial charge on any atom is 0.254 e. The maximum atomic E-state index is 11.7. The van der Waals surface area contributed by atoms with Crippen LogP contribution in [-0.4, -0.2) is 23.2 Å². The Morgan fingerprint density at radius 2 is 2.43 bits per heavy atom. The third-order valence-electron chi connectivity index (χ3n) is 2.12.